The third-order valence-corrected chi connectivity index (χ3v) is 6.84. The summed E-state index contributed by atoms with van der Waals surface area (Å²) in [7, 11) is 0. The summed E-state index contributed by atoms with van der Waals surface area (Å²) in [5, 5.41) is 12.1. The van der Waals surface area contributed by atoms with Crippen molar-refractivity contribution in [2.45, 2.75) is 45.7 Å². The molecule has 5 heteroatoms. The zero-order valence-electron chi connectivity index (χ0n) is 18.3. The minimum Gasteiger partial charge on any atom is -0.507 e. The number of nitrogens with one attached hydrogen (secondary N) is 1. The van der Waals surface area contributed by atoms with Gasteiger partial charge in [-0.2, -0.15) is 0 Å². The summed E-state index contributed by atoms with van der Waals surface area (Å²) in [4.78, 5) is 21.8. The van der Waals surface area contributed by atoms with Crippen LogP contribution in [0.4, 0.5) is 0 Å². The average molecular weight is 418 g/mol. The molecule has 0 atom stereocenters. The van der Waals surface area contributed by atoms with Crippen molar-refractivity contribution in [1.82, 2.24) is 14.8 Å². The van der Waals surface area contributed by atoms with Crippen LogP contribution in [0.25, 0.3) is 10.9 Å². The van der Waals surface area contributed by atoms with Crippen LogP contribution in [0, 0.1) is 6.92 Å². The van der Waals surface area contributed by atoms with E-state index in [1.165, 1.54) is 25.7 Å². The third kappa shape index (κ3) is 4.00. The van der Waals surface area contributed by atoms with Crippen LogP contribution in [0.5, 0.6) is 5.75 Å². The molecule has 3 heterocycles. The van der Waals surface area contributed by atoms with E-state index in [-0.39, 0.29) is 5.78 Å². The smallest absolute Gasteiger partial charge is 0.195 e. The number of phenolic OH excluding ortho intramolecular Hbond substituents is 1. The summed E-state index contributed by atoms with van der Waals surface area (Å²) in [5.74, 6) is 0.395. The number of aromatic amines is 1. The van der Waals surface area contributed by atoms with Gasteiger partial charge in [0.1, 0.15) is 5.75 Å². The molecule has 1 aromatic heterocycles. The number of likely N-dealkylation sites (tertiary alicyclic amines) is 2. The summed E-state index contributed by atoms with van der Waals surface area (Å²) >= 11 is 0. The summed E-state index contributed by atoms with van der Waals surface area (Å²) in [6.07, 6.45) is 4.81. The number of carbonyl (C=O) groups is 1. The fourth-order valence-electron chi connectivity index (χ4n) is 5.21. The maximum Gasteiger partial charge on any atom is 0.195 e. The van der Waals surface area contributed by atoms with E-state index >= 15 is 0 Å². The highest BCUT2D eigenvalue weighted by Crippen LogP contribution is 2.32. The zero-order chi connectivity index (χ0) is 21.4. The van der Waals surface area contributed by atoms with Crippen molar-refractivity contribution in [2.24, 2.45) is 0 Å². The molecule has 0 amide bonds. The van der Waals surface area contributed by atoms with Crippen LogP contribution in [0.3, 0.4) is 0 Å². The Labute approximate surface area is 183 Å². The largest absolute Gasteiger partial charge is 0.507 e. The van der Waals surface area contributed by atoms with Gasteiger partial charge in [0, 0.05) is 46.4 Å². The minimum atomic E-state index is 0.0280. The second-order valence-electron chi connectivity index (χ2n) is 9.11. The topological polar surface area (TPSA) is 59.6 Å². The molecule has 2 N–H and O–H groups in total. The highest BCUT2D eigenvalue weighted by molar-refractivity contribution is 6.17. The number of phenols is 1. The van der Waals surface area contributed by atoms with Crippen LogP contribution in [0.1, 0.15) is 58.4 Å². The van der Waals surface area contributed by atoms with E-state index in [0.29, 0.717) is 24.4 Å². The molecule has 5 rings (SSSR count). The molecule has 2 aliphatic rings. The van der Waals surface area contributed by atoms with E-state index in [1.807, 2.05) is 43.3 Å². The molecule has 162 valence electrons. The molecule has 31 heavy (non-hydrogen) atoms. The Morgan fingerprint density at radius 3 is 2.06 bits per heavy atom. The monoisotopic (exact) mass is 417 g/mol. The van der Waals surface area contributed by atoms with E-state index in [0.717, 1.165) is 59.5 Å². The first kappa shape index (κ1) is 20.3. The SMILES string of the molecule is Cc1[nH]c2ccccc2c1C(=O)c1cc(CN2CCCC2)c(O)c(CN2CCCC2)c1. The Bertz CT molecular complexity index is 1070. The second kappa shape index (κ2) is 8.48. The van der Waals surface area contributed by atoms with Gasteiger partial charge in [-0.15, -0.1) is 0 Å². The predicted octanol–water partition coefficient (Wildman–Crippen LogP) is 4.60. The number of fused-ring (bicyclic) bond motifs is 1. The van der Waals surface area contributed by atoms with Crippen LogP contribution in [0.2, 0.25) is 0 Å². The normalized spacial score (nSPS) is 17.7. The molecule has 0 radical (unpaired) electrons. The van der Waals surface area contributed by atoms with Crippen molar-refractivity contribution < 1.29 is 9.90 Å². The molecule has 2 aliphatic heterocycles. The molecule has 0 saturated carbocycles. The summed E-state index contributed by atoms with van der Waals surface area (Å²) in [5.41, 5.74) is 5.03. The van der Waals surface area contributed by atoms with E-state index in [4.69, 9.17) is 0 Å². The maximum absolute atomic E-state index is 13.7. The van der Waals surface area contributed by atoms with E-state index < -0.39 is 0 Å². The average Bonchev–Trinajstić information content (AvgIpc) is 3.51. The summed E-state index contributed by atoms with van der Waals surface area (Å²) < 4.78 is 0. The number of carbonyl (C=O) groups excluding carboxylic acids is 1. The standard InChI is InChI=1S/C26H31N3O2/c1-18-24(22-8-2-3-9-23(22)27-18)26(31)19-14-20(16-28-10-4-5-11-28)25(30)21(15-19)17-29-12-6-7-13-29/h2-3,8-9,14-15,27,30H,4-7,10-13,16-17H2,1H3. The predicted molar refractivity (Wildman–Crippen MR) is 124 cm³/mol. The van der Waals surface area contributed by atoms with Gasteiger partial charge in [-0.25, -0.2) is 0 Å². The fourth-order valence-corrected chi connectivity index (χ4v) is 5.21. The number of aryl methyl sites for hydroxylation is 1. The number of H-pyrrole nitrogens is 1. The molecular formula is C26H31N3O2. The molecule has 0 bridgehead atoms. The highest BCUT2D eigenvalue weighted by Gasteiger charge is 2.23. The van der Waals surface area contributed by atoms with Crippen LogP contribution < -0.4 is 0 Å². The Hall–Kier alpha value is -2.63. The van der Waals surface area contributed by atoms with Crippen molar-refractivity contribution in [3.05, 3.63) is 64.3 Å². The van der Waals surface area contributed by atoms with Gasteiger partial charge in [-0.05, 0) is 77.0 Å². The number of hydrogen-bond acceptors (Lipinski definition) is 4. The van der Waals surface area contributed by atoms with Gasteiger partial charge < -0.3 is 10.1 Å². The number of rotatable bonds is 6. The van der Waals surface area contributed by atoms with Crippen molar-refractivity contribution in [3.63, 3.8) is 0 Å². The second-order valence-corrected chi connectivity index (χ2v) is 9.11. The molecule has 2 aromatic carbocycles. The molecule has 2 saturated heterocycles. The lowest BCUT2D eigenvalue weighted by atomic mass is 9.95. The molecule has 0 aliphatic carbocycles. The van der Waals surface area contributed by atoms with Crippen molar-refractivity contribution in [3.8, 4) is 5.75 Å². The summed E-state index contributed by atoms with van der Waals surface area (Å²) in [6, 6.07) is 11.8. The molecule has 2 fully saturated rings. The molecule has 3 aromatic rings. The van der Waals surface area contributed by atoms with Crippen molar-refractivity contribution in [1.29, 1.82) is 0 Å². The van der Waals surface area contributed by atoms with Gasteiger partial charge in [-0.3, -0.25) is 14.6 Å². The quantitative estimate of drug-likeness (QED) is 0.575. The van der Waals surface area contributed by atoms with Crippen LogP contribution in [-0.4, -0.2) is 51.9 Å². The van der Waals surface area contributed by atoms with E-state index in [2.05, 4.69) is 14.8 Å². The molecule has 0 unspecified atom stereocenters. The first-order chi connectivity index (χ1) is 15.1. The fraction of sp³-hybridized carbons (Fsp3) is 0.423. The lowest BCUT2D eigenvalue weighted by molar-refractivity contribution is 0.103. The van der Waals surface area contributed by atoms with Crippen LogP contribution in [0.15, 0.2) is 36.4 Å². The number of nitrogens with zero attached hydrogens (tertiary/aromatic N) is 2. The van der Waals surface area contributed by atoms with Gasteiger partial charge in [0.25, 0.3) is 0 Å². The van der Waals surface area contributed by atoms with Crippen molar-refractivity contribution in [2.75, 3.05) is 26.2 Å². The first-order valence-corrected chi connectivity index (χ1v) is 11.5. The van der Waals surface area contributed by atoms with Crippen molar-refractivity contribution >= 4 is 16.7 Å². The Morgan fingerprint density at radius 1 is 0.935 bits per heavy atom. The number of hydrogen-bond donors (Lipinski definition) is 2. The Kier molecular flexibility index (Phi) is 5.55. The first-order valence-electron chi connectivity index (χ1n) is 11.5. The molecular weight excluding hydrogens is 386 g/mol. The van der Waals surface area contributed by atoms with Gasteiger partial charge in [0.15, 0.2) is 5.78 Å². The number of para-hydroxylation sites is 1. The Morgan fingerprint density at radius 2 is 1.48 bits per heavy atom. The number of aromatic nitrogens is 1. The molecule has 5 nitrogen and oxygen atoms in total. The lowest BCUT2D eigenvalue weighted by Gasteiger charge is -2.21. The lowest BCUT2D eigenvalue weighted by Crippen LogP contribution is -2.21. The number of aromatic hydroxyl groups is 1. The number of benzene rings is 2. The maximum atomic E-state index is 13.7. The van der Waals surface area contributed by atoms with E-state index in [9.17, 15) is 9.90 Å². The van der Waals surface area contributed by atoms with E-state index in [1.54, 1.807) is 0 Å². The summed E-state index contributed by atoms with van der Waals surface area (Å²) in [6.45, 7) is 7.59. The highest BCUT2D eigenvalue weighted by atomic mass is 16.3. The zero-order valence-corrected chi connectivity index (χ0v) is 18.3. The number of ketones is 1. The van der Waals surface area contributed by atoms with Gasteiger partial charge in [0.2, 0.25) is 0 Å². The van der Waals surface area contributed by atoms with Crippen LogP contribution in [-0.2, 0) is 13.1 Å². The van der Waals surface area contributed by atoms with Gasteiger partial charge in [0.05, 0.1) is 5.56 Å². The van der Waals surface area contributed by atoms with Gasteiger partial charge in [-0.1, -0.05) is 18.2 Å². The third-order valence-electron chi connectivity index (χ3n) is 6.84. The Balaban J connectivity index is 1.55. The van der Waals surface area contributed by atoms with Crippen LogP contribution >= 0.6 is 0 Å². The van der Waals surface area contributed by atoms with Gasteiger partial charge >= 0.3 is 0 Å². The molecule has 0 spiro atoms. The minimum absolute atomic E-state index is 0.0280.